The van der Waals surface area contributed by atoms with Gasteiger partial charge in [-0.05, 0) is 63.1 Å². The van der Waals surface area contributed by atoms with Gasteiger partial charge in [-0.3, -0.25) is 0 Å². The zero-order chi connectivity index (χ0) is 12.5. The van der Waals surface area contributed by atoms with E-state index in [9.17, 15) is 0 Å². The van der Waals surface area contributed by atoms with Gasteiger partial charge in [-0.1, -0.05) is 0 Å². The predicted octanol–water partition coefficient (Wildman–Crippen LogP) is 3.52. The fourth-order valence-electron chi connectivity index (χ4n) is 1.27. The molecule has 0 aliphatic rings. The summed E-state index contributed by atoms with van der Waals surface area (Å²) in [6.07, 6.45) is 0.988. The second kappa shape index (κ2) is 9.13. The van der Waals surface area contributed by atoms with Crippen molar-refractivity contribution in [3.05, 3.63) is 26.2 Å². The summed E-state index contributed by atoms with van der Waals surface area (Å²) in [4.78, 5) is 0. The quantitative estimate of drug-likeness (QED) is 0.522. The molecule has 17 heavy (non-hydrogen) atoms. The summed E-state index contributed by atoms with van der Waals surface area (Å²) in [5.74, 6) is 0. The molecule has 1 rings (SSSR count). The van der Waals surface area contributed by atoms with Crippen LogP contribution in [0.15, 0.2) is 22.7 Å². The molecule has 0 atom stereocenters. The molecule has 0 aliphatic carbocycles. The third-order valence-corrected chi connectivity index (χ3v) is 3.47. The number of ether oxygens (including phenoxy) is 2. The predicted molar refractivity (Wildman–Crippen MR) is 82.7 cm³/mol. The van der Waals surface area contributed by atoms with Gasteiger partial charge in [0, 0.05) is 34.0 Å². The highest BCUT2D eigenvalue weighted by Crippen LogP contribution is 2.24. The summed E-state index contributed by atoms with van der Waals surface area (Å²) in [5, 5.41) is 3.37. The van der Waals surface area contributed by atoms with Crippen molar-refractivity contribution >= 4 is 44.2 Å². The normalized spacial score (nSPS) is 10.5. The third-order valence-electron chi connectivity index (χ3n) is 2.14. The average molecular weight is 414 g/mol. The van der Waals surface area contributed by atoms with E-state index in [1.807, 2.05) is 0 Å². The molecule has 0 aliphatic heterocycles. The molecule has 0 radical (unpaired) electrons. The van der Waals surface area contributed by atoms with E-state index in [0.717, 1.165) is 29.7 Å². The lowest BCUT2D eigenvalue weighted by Gasteiger charge is -2.09. The molecule has 5 heteroatoms. The van der Waals surface area contributed by atoms with E-state index in [-0.39, 0.29) is 0 Å². The van der Waals surface area contributed by atoms with E-state index in [1.165, 1.54) is 3.57 Å². The molecule has 0 spiro atoms. The van der Waals surface area contributed by atoms with Gasteiger partial charge in [-0.15, -0.1) is 0 Å². The molecule has 1 aromatic carbocycles. The van der Waals surface area contributed by atoms with Crippen LogP contribution in [0, 0.1) is 3.57 Å². The molecule has 0 unspecified atom stereocenters. The van der Waals surface area contributed by atoms with E-state index >= 15 is 0 Å². The smallest absolute Gasteiger partial charge is 0.0700 e. The maximum absolute atomic E-state index is 5.38. The molecule has 0 amide bonds. The van der Waals surface area contributed by atoms with Crippen LogP contribution < -0.4 is 5.32 Å². The Kier molecular flexibility index (Phi) is 8.17. The molecular formula is C12H17BrINO2. The first-order valence-corrected chi connectivity index (χ1v) is 7.37. The maximum atomic E-state index is 5.38. The number of halogens is 2. The van der Waals surface area contributed by atoms with E-state index < -0.39 is 0 Å². The summed E-state index contributed by atoms with van der Waals surface area (Å²) < 4.78 is 12.6. The Hall–Kier alpha value is 0.150. The van der Waals surface area contributed by atoms with Gasteiger partial charge in [-0.2, -0.15) is 0 Å². The van der Waals surface area contributed by atoms with Crippen LogP contribution in [-0.4, -0.2) is 33.5 Å². The van der Waals surface area contributed by atoms with Crippen molar-refractivity contribution in [1.29, 1.82) is 0 Å². The van der Waals surface area contributed by atoms with Gasteiger partial charge in [0.25, 0.3) is 0 Å². The number of methoxy groups -OCH3 is 1. The second-order valence-electron chi connectivity index (χ2n) is 3.51. The Morgan fingerprint density at radius 1 is 1.29 bits per heavy atom. The molecule has 0 saturated carbocycles. The Bertz CT molecular complexity index is 336. The van der Waals surface area contributed by atoms with Gasteiger partial charge in [0.15, 0.2) is 0 Å². The Morgan fingerprint density at radius 3 is 2.82 bits per heavy atom. The molecule has 3 nitrogen and oxygen atoms in total. The van der Waals surface area contributed by atoms with Crippen LogP contribution in [0.3, 0.4) is 0 Å². The minimum absolute atomic E-state index is 0.663. The van der Waals surface area contributed by atoms with Crippen molar-refractivity contribution in [2.24, 2.45) is 0 Å². The van der Waals surface area contributed by atoms with E-state index in [0.29, 0.717) is 13.2 Å². The number of nitrogens with one attached hydrogen (secondary N) is 1. The lowest BCUT2D eigenvalue weighted by Crippen LogP contribution is -2.08. The second-order valence-corrected chi connectivity index (χ2v) is 5.61. The van der Waals surface area contributed by atoms with Crippen LogP contribution in [0.5, 0.6) is 0 Å². The minimum Gasteiger partial charge on any atom is -0.384 e. The zero-order valence-corrected chi connectivity index (χ0v) is 13.6. The Balaban J connectivity index is 2.14. The van der Waals surface area contributed by atoms with Crippen LogP contribution in [0.25, 0.3) is 0 Å². The lowest BCUT2D eigenvalue weighted by molar-refractivity contribution is 0.0705. The van der Waals surface area contributed by atoms with Gasteiger partial charge in [0.05, 0.1) is 13.2 Å². The molecule has 96 valence electrons. The monoisotopic (exact) mass is 413 g/mol. The first-order valence-electron chi connectivity index (χ1n) is 5.49. The van der Waals surface area contributed by atoms with Gasteiger partial charge >= 0.3 is 0 Å². The van der Waals surface area contributed by atoms with Crippen molar-refractivity contribution in [2.45, 2.75) is 6.42 Å². The van der Waals surface area contributed by atoms with E-state index in [1.54, 1.807) is 7.11 Å². The van der Waals surface area contributed by atoms with Crippen LogP contribution in [0.2, 0.25) is 0 Å². The van der Waals surface area contributed by atoms with Crippen LogP contribution >= 0.6 is 38.5 Å². The molecule has 0 fully saturated rings. The molecule has 0 aromatic heterocycles. The number of rotatable bonds is 8. The van der Waals surface area contributed by atoms with Gasteiger partial charge in [-0.25, -0.2) is 0 Å². The highest BCUT2D eigenvalue weighted by Gasteiger charge is 1.99. The standard InChI is InChI=1S/C12H17BrINO2/c1-16-7-8-17-6-2-5-15-12-4-3-10(14)9-11(12)13/h3-4,9,15H,2,5-8H2,1H3. The zero-order valence-electron chi connectivity index (χ0n) is 9.84. The summed E-state index contributed by atoms with van der Waals surface area (Å²) in [5.41, 5.74) is 1.13. The van der Waals surface area contributed by atoms with Crippen molar-refractivity contribution in [3.63, 3.8) is 0 Å². The van der Waals surface area contributed by atoms with Crippen molar-refractivity contribution in [3.8, 4) is 0 Å². The molecule has 1 aromatic rings. The number of hydrogen-bond donors (Lipinski definition) is 1. The summed E-state index contributed by atoms with van der Waals surface area (Å²) in [6.45, 7) is 3.00. The Labute approximate surface area is 125 Å². The number of hydrogen-bond acceptors (Lipinski definition) is 3. The van der Waals surface area contributed by atoms with E-state index in [2.05, 4.69) is 62.0 Å². The molecule has 0 heterocycles. The first-order chi connectivity index (χ1) is 8.24. The van der Waals surface area contributed by atoms with Crippen molar-refractivity contribution in [2.75, 3.05) is 38.8 Å². The average Bonchev–Trinajstić information content (AvgIpc) is 2.30. The fourth-order valence-corrected chi connectivity index (χ4v) is 2.71. The fraction of sp³-hybridized carbons (Fsp3) is 0.500. The van der Waals surface area contributed by atoms with Crippen LogP contribution in [0.4, 0.5) is 5.69 Å². The largest absolute Gasteiger partial charge is 0.384 e. The van der Waals surface area contributed by atoms with Crippen LogP contribution in [-0.2, 0) is 9.47 Å². The van der Waals surface area contributed by atoms with Gasteiger partial charge in [0.2, 0.25) is 0 Å². The Morgan fingerprint density at radius 2 is 2.12 bits per heavy atom. The number of benzene rings is 1. The van der Waals surface area contributed by atoms with Gasteiger partial charge < -0.3 is 14.8 Å². The van der Waals surface area contributed by atoms with Gasteiger partial charge in [0.1, 0.15) is 0 Å². The van der Waals surface area contributed by atoms with Crippen molar-refractivity contribution < 1.29 is 9.47 Å². The molecule has 0 bridgehead atoms. The van der Waals surface area contributed by atoms with E-state index in [4.69, 9.17) is 9.47 Å². The summed E-state index contributed by atoms with van der Waals surface area (Å²) in [7, 11) is 1.68. The summed E-state index contributed by atoms with van der Waals surface area (Å²) in [6, 6.07) is 6.26. The summed E-state index contributed by atoms with van der Waals surface area (Å²) >= 11 is 5.83. The SMILES string of the molecule is COCCOCCCNc1ccc(I)cc1Br. The molecule has 0 saturated heterocycles. The first kappa shape index (κ1) is 15.2. The maximum Gasteiger partial charge on any atom is 0.0700 e. The minimum atomic E-state index is 0.663. The topological polar surface area (TPSA) is 30.5 Å². The number of anilines is 1. The third kappa shape index (κ3) is 6.59. The van der Waals surface area contributed by atoms with Crippen LogP contribution in [0.1, 0.15) is 6.42 Å². The van der Waals surface area contributed by atoms with Crippen molar-refractivity contribution in [1.82, 2.24) is 0 Å². The highest BCUT2D eigenvalue weighted by atomic mass is 127. The molecular weight excluding hydrogens is 397 g/mol. The highest BCUT2D eigenvalue weighted by molar-refractivity contribution is 14.1. The molecule has 1 N–H and O–H groups in total. The lowest BCUT2D eigenvalue weighted by atomic mass is 10.3.